The molecule has 33 heavy (non-hydrogen) atoms. The Hall–Kier alpha value is -3.81. The number of carbonyl (C=O) groups excluding carboxylic acids is 1. The number of amides is 1. The molecule has 5 rings (SSSR count). The monoisotopic (exact) mass is 444 g/mol. The molecule has 0 unspecified atom stereocenters. The first-order valence-corrected chi connectivity index (χ1v) is 11.0. The number of anilines is 1. The highest BCUT2D eigenvalue weighted by Crippen LogP contribution is 2.38. The topological polar surface area (TPSA) is 78.0 Å². The maximum atomic E-state index is 13.7. The standard InChI is InChI=1S/C25H25FN6O/c1-15-6-11-20-18(13-15)23(30-29-20)24(33)32-12-4-5-21(32)22-19(14-27-25(28-22)31(2)3)16-7-9-17(26)10-8-16/h6-11,13-14,21H,4-5,12H2,1-3H3,(H,29,30)/t21-/m1/s1. The van der Waals surface area contributed by atoms with Gasteiger partial charge in [0.25, 0.3) is 5.91 Å². The van der Waals surface area contributed by atoms with Crippen molar-refractivity contribution >= 4 is 22.8 Å². The second-order valence-corrected chi connectivity index (χ2v) is 8.65. The number of aromatic nitrogens is 4. The highest BCUT2D eigenvalue weighted by molar-refractivity contribution is 6.05. The van der Waals surface area contributed by atoms with Crippen LogP contribution in [0, 0.1) is 12.7 Å². The van der Waals surface area contributed by atoms with E-state index in [0.29, 0.717) is 18.2 Å². The molecule has 1 saturated heterocycles. The summed E-state index contributed by atoms with van der Waals surface area (Å²) in [4.78, 5) is 26.7. The molecule has 0 bridgehead atoms. The van der Waals surface area contributed by atoms with Crippen LogP contribution in [0.2, 0.25) is 0 Å². The normalized spacial score (nSPS) is 15.9. The van der Waals surface area contributed by atoms with Gasteiger partial charge in [-0.3, -0.25) is 9.89 Å². The van der Waals surface area contributed by atoms with Gasteiger partial charge in [0, 0.05) is 37.8 Å². The number of hydrogen-bond donors (Lipinski definition) is 1. The quantitative estimate of drug-likeness (QED) is 0.501. The highest BCUT2D eigenvalue weighted by Gasteiger charge is 2.35. The SMILES string of the molecule is Cc1ccc2[nH]nc(C(=O)N3CCC[C@@H]3c3nc(N(C)C)ncc3-c3ccc(F)cc3)c2c1. The van der Waals surface area contributed by atoms with E-state index in [2.05, 4.69) is 15.2 Å². The molecule has 7 nitrogen and oxygen atoms in total. The summed E-state index contributed by atoms with van der Waals surface area (Å²) in [5, 5.41) is 8.14. The molecule has 0 aliphatic carbocycles. The van der Waals surface area contributed by atoms with Crippen LogP contribution in [0.4, 0.5) is 10.3 Å². The van der Waals surface area contributed by atoms with Crippen LogP contribution < -0.4 is 4.90 Å². The fourth-order valence-electron chi connectivity index (χ4n) is 4.43. The minimum absolute atomic E-state index is 0.121. The first kappa shape index (κ1) is 21.1. The zero-order valence-electron chi connectivity index (χ0n) is 18.8. The van der Waals surface area contributed by atoms with E-state index in [1.54, 1.807) is 18.3 Å². The maximum absolute atomic E-state index is 13.7. The summed E-state index contributed by atoms with van der Waals surface area (Å²) in [5.74, 6) is 0.143. The number of nitrogens with one attached hydrogen (secondary N) is 1. The van der Waals surface area contributed by atoms with Gasteiger partial charge >= 0.3 is 0 Å². The number of aryl methyl sites for hydroxylation is 1. The molecule has 8 heteroatoms. The van der Waals surface area contributed by atoms with Gasteiger partial charge in [0.1, 0.15) is 5.82 Å². The molecule has 1 aliphatic heterocycles. The van der Waals surface area contributed by atoms with Gasteiger partial charge < -0.3 is 9.80 Å². The average Bonchev–Trinajstić information content (AvgIpc) is 3.46. The number of fused-ring (bicyclic) bond motifs is 1. The second kappa shape index (κ2) is 8.27. The van der Waals surface area contributed by atoms with Crippen LogP contribution >= 0.6 is 0 Å². The lowest BCUT2D eigenvalue weighted by molar-refractivity contribution is 0.0729. The van der Waals surface area contributed by atoms with E-state index in [1.807, 2.05) is 49.0 Å². The molecule has 0 saturated carbocycles. The number of likely N-dealkylation sites (tertiary alicyclic amines) is 1. The fourth-order valence-corrected chi connectivity index (χ4v) is 4.43. The van der Waals surface area contributed by atoms with Gasteiger partial charge in [-0.15, -0.1) is 0 Å². The fraction of sp³-hybridized carbons (Fsp3) is 0.280. The number of carbonyl (C=O) groups is 1. The van der Waals surface area contributed by atoms with Crippen LogP contribution in [0.5, 0.6) is 0 Å². The van der Waals surface area contributed by atoms with E-state index in [4.69, 9.17) is 4.98 Å². The van der Waals surface area contributed by atoms with E-state index in [1.165, 1.54) is 12.1 Å². The zero-order chi connectivity index (χ0) is 23.1. The Morgan fingerprint density at radius 1 is 1.18 bits per heavy atom. The molecular weight excluding hydrogens is 419 g/mol. The molecule has 3 heterocycles. The molecule has 0 radical (unpaired) electrons. The van der Waals surface area contributed by atoms with Gasteiger partial charge in [0.05, 0.1) is 17.3 Å². The summed E-state index contributed by atoms with van der Waals surface area (Å²) in [5.41, 5.74) is 4.71. The summed E-state index contributed by atoms with van der Waals surface area (Å²) in [6.07, 6.45) is 3.41. The molecule has 0 spiro atoms. The molecular formula is C25H25FN6O. The number of hydrogen-bond acceptors (Lipinski definition) is 5. The first-order valence-electron chi connectivity index (χ1n) is 11.0. The van der Waals surface area contributed by atoms with E-state index in [-0.39, 0.29) is 17.8 Å². The third-order valence-electron chi connectivity index (χ3n) is 6.11. The van der Waals surface area contributed by atoms with Crippen molar-refractivity contribution in [1.29, 1.82) is 0 Å². The van der Waals surface area contributed by atoms with Gasteiger partial charge in [0.2, 0.25) is 5.95 Å². The zero-order valence-corrected chi connectivity index (χ0v) is 18.8. The lowest BCUT2D eigenvalue weighted by Crippen LogP contribution is -2.32. The number of nitrogens with zero attached hydrogens (tertiary/aromatic N) is 5. The molecule has 1 amide bonds. The number of H-pyrrole nitrogens is 1. The van der Waals surface area contributed by atoms with Crippen molar-refractivity contribution in [1.82, 2.24) is 25.1 Å². The third-order valence-corrected chi connectivity index (χ3v) is 6.11. The summed E-state index contributed by atoms with van der Waals surface area (Å²) < 4.78 is 13.6. The third kappa shape index (κ3) is 3.82. The Kier molecular flexibility index (Phi) is 5.28. The first-order chi connectivity index (χ1) is 15.9. The van der Waals surface area contributed by atoms with Crippen molar-refractivity contribution in [2.75, 3.05) is 25.5 Å². The van der Waals surface area contributed by atoms with E-state index < -0.39 is 0 Å². The van der Waals surface area contributed by atoms with Gasteiger partial charge in [-0.25, -0.2) is 14.4 Å². The Labute approximate surface area is 191 Å². The lowest BCUT2D eigenvalue weighted by atomic mass is 9.99. The minimum atomic E-state index is -0.301. The molecule has 1 atom stereocenters. The lowest BCUT2D eigenvalue weighted by Gasteiger charge is -2.26. The summed E-state index contributed by atoms with van der Waals surface area (Å²) in [6, 6.07) is 12.0. The van der Waals surface area contributed by atoms with Crippen molar-refractivity contribution < 1.29 is 9.18 Å². The molecule has 2 aromatic heterocycles. The van der Waals surface area contributed by atoms with Crippen LogP contribution in [0.15, 0.2) is 48.7 Å². The molecule has 4 aromatic rings. The smallest absolute Gasteiger partial charge is 0.275 e. The van der Waals surface area contributed by atoms with Gasteiger partial charge in [-0.2, -0.15) is 5.10 Å². The van der Waals surface area contributed by atoms with Gasteiger partial charge in [-0.05, 0) is 49.6 Å². The number of aromatic amines is 1. The van der Waals surface area contributed by atoms with Gasteiger partial charge in [0.15, 0.2) is 5.69 Å². The predicted octanol–water partition coefficient (Wildman–Crippen LogP) is 4.51. The van der Waals surface area contributed by atoms with Crippen molar-refractivity contribution in [3.63, 3.8) is 0 Å². The summed E-state index contributed by atoms with van der Waals surface area (Å²) in [7, 11) is 3.76. The number of rotatable bonds is 4. The van der Waals surface area contributed by atoms with E-state index in [9.17, 15) is 9.18 Å². The molecule has 1 N–H and O–H groups in total. The Bertz CT molecular complexity index is 1330. The van der Waals surface area contributed by atoms with Crippen molar-refractivity contribution in [2.24, 2.45) is 0 Å². The van der Waals surface area contributed by atoms with Crippen LogP contribution in [0.25, 0.3) is 22.0 Å². The average molecular weight is 445 g/mol. The van der Waals surface area contributed by atoms with Gasteiger partial charge in [-0.1, -0.05) is 23.8 Å². The van der Waals surface area contributed by atoms with Crippen molar-refractivity contribution in [2.45, 2.75) is 25.8 Å². The highest BCUT2D eigenvalue weighted by atomic mass is 19.1. The Morgan fingerprint density at radius 2 is 1.97 bits per heavy atom. The molecule has 1 fully saturated rings. The number of benzene rings is 2. The van der Waals surface area contributed by atoms with Crippen LogP contribution in [0.3, 0.4) is 0 Å². The molecule has 1 aliphatic rings. The van der Waals surface area contributed by atoms with Crippen LogP contribution in [-0.2, 0) is 0 Å². The molecule has 168 valence electrons. The molecule has 2 aromatic carbocycles. The van der Waals surface area contributed by atoms with E-state index >= 15 is 0 Å². The Morgan fingerprint density at radius 3 is 2.73 bits per heavy atom. The van der Waals surface area contributed by atoms with Crippen LogP contribution in [0.1, 0.15) is 40.6 Å². The Balaban J connectivity index is 1.58. The second-order valence-electron chi connectivity index (χ2n) is 8.65. The summed E-state index contributed by atoms with van der Waals surface area (Å²) >= 11 is 0. The van der Waals surface area contributed by atoms with Crippen LogP contribution in [-0.4, -0.2) is 51.6 Å². The maximum Gasteiger partial charge on any atom is 0.275 e. The van der Waals surface area contributed by atoms with E-state index in [0.717, 1.165) is 46.1 Å². The number of halogens is 1. The largest absolute Gasteiger partial charge is 0.347 e. The minimum Gasteiger partial charge on any atom is -0.347 e. The predicted molar refractivity (Wildman–Crippen MR) is 126 cm³/mol. The van der Waals surface area contributed by atoms with Crippen molar-refractivity contribution in [3.8, 4) is 11.1 Å². The van der Waals surface area contributed by atoms with Crippen molar-refractivity contribution in [3.05, 3.63) is 71.4 Å². The summed E-state index contributed by atoms with van der Waals surface area (Å²) in [6.45, 7) is 2.62.